The lowest BCUT2D eigenvalue weighted by atomic mass is 9.91. The van der Waals surface area contributed by atoms with Gasteiger partial charge in [0.15, 0.2) is 0 Å². The van der Waals surface area contributed by atoms with Crippen molar-refractivity contribution in [3.63, 3.8) is 0 Å². The van der Waals surface area contributed by atoms with E-state index >= 15 is 0 Å². The van der Waals surface area contributed by atoms with Gasteiger partial charge in [-0.05, 0) is 101 Å². The molecule has 4 nitrogen and oxygen atoms in total. The summed E-state index contributed by atoms with van der Waals surface area (Å²) >= 11 is 0. The number of aromatic nitrogens is 2. The average molecular weight is 477 g/mol. The van der Waals surface area contributed by atoms with Gasteiger partial charge in [-0.2, -0.15) is 0 Å². The van der Waals surface area contributed by atoms with Crippen LogP contribution in [0.15, 0.2) is 36.4 Å². The van der Waals surface area contributed by atoms with E-state index in [1.54, 1.807) is 0 Å². The molecule has 0 spiro atoms. The summed E-state index contributed by atoms with van der Waals surface area (Å²) in [6.45, 7) is 8.65. The Labute approximate surface area is 214 Å². The minimum absolute atomic E-state index is 1.06. The Morgan fingerprint density at radius 1 is 0.556 bits per heavy atom. The van der Waals surface area contributed by atoms with Gasteiger partial charge in [-0.25, -0.2) is 0 Å². The smallest absolute Gasteiger partial charge is 0.0726 e. The number of piperazine rings is 1. The molecule has 2 aromatic heterocycles. The summed E-state index contributed by atoms with van der Waals surface area (Å²) in [6.07, 6.45) is 9.70. The van der Waals surface area contributed by atoms with Gasteiger partial charge in [0, 0.05) is 48.3 Å². The third-order valence-electron chi connectivity index (χ3n) is 8.69. The lowest BCUT2D eigenvalue weighted by molar-refractivity contribution is 0.627. The van der Waals surface area contributed by atoms with Crippen molar-refractivity contribution in [1.82, 2.24) is 9.97 Å². The quantitative estimate of drug-likeness (QED) is 0.331. The van der Waals surface area contributed by atoms with Gasteiger partial charge >= 0.3 is 0 Å². The van der Waals surface area contributed by atoms with Crippen LogP contribution in [-0.4, -0.2) is 36.1 Å². The van der Waals surface area contributed by atoms with Gasteiger partial charge in [-0.15, -0.1) is 0 Å². The maximum Gasteiger partial charge on any atom is 0.0726 e. The van der Waals surface area contributed by atoms with Crippen molar-refractivity contribution in [2.24, 2.45) is 0 Å². The van der Waals surface area contributed by atoms with Gasteiger partial charge in [0.2, 0.25) is 0 Å². The lowest BCUT2D eigenvalue weighted by Gasteiger charge is -2.41. The first-order valence-electron chi connectivity index (χ1n) is 14.0. The van der Waals surface area contributed by atoms with Crippen molar-refractivity contribution in [3.05, 3.63) is 70.0 Å². The molecule has 0 unspecified atom stereocenters. The lowest BCUT2D eigenvalue weighted by Crippen LogP contribution is -2.47. The number of fused-ring (bicyclic) bond motifs is 4. The highest BCUT2D eigenvalue weighted by molar-refractivity contribution is 5.96. The van der Waals surface area contributed by atoms with Crippen LogP contribution in [0.25, 0.3) is 21.8 Å². The van der Waals surface area contributed by atoms with E-state index in [4.69, 9.17) is 9.97 Å². The Bertz CT molecular complexity index is 1370. The largest absolute Gasteiger partial charge is 0.367 e. The second-order valence-electron chi connectivity index (χ2n) is 11.2. The normalized spacial score (nSPS) is 17.9. The summed E-state index contributed by atoms with van der Waals surface area (Å²) in [5, 5.41) is 2.71. The van der Waals surface area contributed by atoms with Crippen LogP contribution in [0.5, 0.6) is 0 Å². The Balaban J connectivity index is 1.28. The van der Waals surface area contributed by atoms with E-state index in [2.05, 4.69) is 60.0 Å². The topological polar surface area (TPSA) is 32.3 Å². The second kappa shape index (κ2) is 8.76. The van der Waals surface area contributed by atoms with E-state index in [9.17, 15) is 0 Å². The molecule has 1 saturated heterocycles. The van der Waals surface area contributed by atoms with E-state index in [-0.39, 0.29) is 0 Å². The average Bonchev–Trinajstić information content (AvgIpc) is 2.91. The predicted molar refractivity (Wildman–Crippen MR) is 151 cm³/mol. The van der Waals surface area contributed by atoms with Gasteiger partial charge in [-0.1, -0.05) is 23.3 Å². The van der Waals surface area contributed by atoms with E-state index in [1.807, 2.05) is 0 Å². The molecular weight excluding hydrogens is 440 g/mol. The Morgan fingerprint density at radius 2 is 0.972 bits per heavy atom. The number of aryl methyl sites for hydroxylation is 4. The number of pyridine rings is 2. The highest BCUT2D eigenvalue weighted by atomic mass is 15.3. The summed E-state index contributed by atoms with van der Waals surface area (Å²) < 4.78 is 0. The predicted octanol–water partition coefficient (Wildman–Crippen LogP) is 6.48. The Morgan fingerprint density at radius 3 is 1.42 bits per heavy atom. The third kappa shape index (κ3) is 3.65. The van der Waals surface area contributed by atoms with Crippen LogP contribution in [0.4, 0.5) is 11.4 Å². The molecule has 0 amide bonds. The van der Waals surface area contributed by atoms with Crippen molar-refractivity contribution >= 4 is 33.2 Å². The van der Waals surface area contributed by atoms with Crippen LogP contribution in [0.3, 0.4) is 0 Å². The van der Waals surface area contributed by atoms with Crippen LogP contribution < -0.4 is 9.80 Å². The fourth-order valence-electron chi connectivity index (χ4n) is 6.90. The first kappa shape index (κ1) is 22.1. The minimum atomic E-state index is 1.06. The molecule has 36 heavy (non-hydrogen) atoms. The van der Waals surface area contributed by atoms with Crippen molar-refractivity contribution in [2.75, 3.05) is 36.0 Å². The van der Waals surface area contributed by atoms with Gasteiger partial charge in [0.1, 0.15) is 0 Å². The van der Waals surface area contributed by atoms with Gasteiger partial charge in [0.05, 0.1) is 22.4 Å². The molecule has 0 saturated carbocycles. The third-order valence-corrected chi connectivity index (χ3v) is 8.69. The molecule has 3 aliphatic rings. The molecule has 184 valence electrons. The van der Waals surface area contributed by atoms with E-state index in [0.717, 1.165) is 39.0 Å². The second-order valence-corrected chi connectivity index (χ2v) is 11.2. The van der Waals surface area contributed by atoms with Gasteiger partial charge in [0.25, 0.3) is 0 Å². The van der Waals surface area contributed by atoms with E-state index < -0.39 is 0 Å². The summed E-state index contributed by atoms with van der Waals surface area (Å²) in [6, 6.07) is 13.6. The monoisotopic (exact) mass is 476 g/mol. The van der Waals surface area contributed by atoms with E-state index in [0.29, 0.717) is 0 Å². The number of hydrogen-bond acceptors (Lipinski definition) is 4. The summed E-state index contributed by atoms with van der Waals surface area (Å²) in [7, 11) is 0. The first-order chi connectivity index (χ1) is 17.7. The molecule has 7 rings (SSSR count). The fraction of sp³-hybridized carbons (Fsp3) is 0.438. The number of nitrogens with zero attached hydrogens (tertiary/aromatic N) is 4. The molecule has 0 N–H and O–H groups in total. The molecule has 0 radical (unpaired) electrons. The van der Waals surface area contributed by atoms with Crippen molar-refractivity contribution in [1.29, 1.82) is 0 Å². The SMILES string of the molecule is Cc1ccc2nc3c(c(N4CCN(c5c6c(nc7ccc(C)cc57)CCCC6)CC4)c2c1)CCCC3. The molecule has 0 bridgehead atoms. The molecule has 4 heteroatoms. The van der Waals surface area contributed by atoms with Gasteiger partial charge in [-0.3, -0.25) is 9.97 Å². The molecule has 1 fully saturated rings. The van der Waals surface area contributed by atoms with Crippen molar-refractivity contribution < 1.29 is 0 Å². The number of hydrogen-bond donors (Lipinski definition) is 0. The first-order valence-corrected chi connectivity index (χ1v) is 14.0. The summed E-state index contributed by atoms with van der Waals surface area (Å²) in [5.74, 6) is 0. The Hall–Kier alpha value is -3.14. The highest BCUT2D eigenvalue weighted by Crippen LogP contribution is 2.40. The van der Waals surface area contributed by atoms with Crippen LogP contribution in [0, 0.1) is 13.8 Å². The summed E-state index contributed by atoms with van der Waals surface area (Å²) in [5.41, 5.74) is 13.7. The zero-order valence-electron chi connectivity index (χ0n) is 21.7. The van der Waals surface area contributed by atoms with Crippen LogP contribution in [-0.2, 0) is 25.7 Å². The van der Waals surface area contributed by atoms with Crippen molar-refractivity contribution in [3.8, 4) is 0 Å². The fourth-order valence-corrected chi connectivity index (χ4v) is 6.90. The molecule has 1 aliphatic heterocycles. The molecule has 2 aliphatic carbocycles. The van der Waals surface area contributed by atoms with Crippen LogP contribution >= 0.6 is 0 Å². The molecule has 0 atom stereocenters. The molecular formula is C32H36N4. The minimum Gasteiger partial charge on any atom is -0.367 e. The highest BCUT2D eigenvalue weighted by Gasteiger charge is 2.28. The van der Waals surface area contributed by atoms with Crippen LogP contribution in [0.1, 0.15) is 59.3 Å². The summed E-state index contributed by atoms with van der Waals surface area (Å²) in [4.78, 5) is 15.6. The zero-order chi connectivity index (χ0) is 24.2. The number of benzene rings is 2. The van der Waals surface area contributed by atoms with Gasteiger partial charge < -0.3 is 9.80 Å². The standard InChI is InChI=1S/C32H36N4/c1-21-11-13-29-25(19-21)31(23-7-3-5-9-27(23)33-29)35-15-17-36(18-16-35)32-24-8-4-6-10-28(24)34-30-14-12-22(2)20-26(30)32/h11-14,19-20H,3-10,15-18H2,1-2H3. The van der Waals surface area contributed by atoms with E-state index in [1.165, 1.54) is 105 Å². The zero-order valence-corrected chi connectivity index (χ0v) is 21.7. The number of rotatable bonds is 2. The van der Waals surface area contributed by atoms with Crippen LogP contribution in [0.2, 0.25) is 0 Å². The molecule has 2 aromatic carbocycles. The maximum atomic E-state index is 5.12. The Kier molecular flexibility index (Phi) is 5.37. The number of anilines is 2. The van der Waals surface area contributed by atoms with Crippen molar-refractivity contribution in [2.45, 2.75) is 65.2 Å². The maximum absolute atomic E-state index is 5.12. The molecule has 4 aromatic rings. The molecule has 3 heterocycles.